The normalized spacial score (nSPS) is 11.8. The van der Waals surface area contributed by atoms with Gasteiger partial charge in [0.2, 0.25) is 0 Å². The fourth-order valence-corrected chi connectivity index (χ4v) is 3.36. The van der Waals surface area contributed by atoms with E-state index in [1.54, 1.807) is 32.3 Å². The van der Waals surface area contributed by atoms with Gasteiger partial charge < -0.3 is 9.84 Å². The van der Waals surface area contributed by atoms with Crippen LogP contribution in [-0.2, 0) is 5.60 Å². The van der Waals surface area contributed by atoms with Crippen molar-refractivity contribution >= 4 is 11.0 Å². The molecule has 0 unspecified atom stereocenters. The quantitative estimate of drug-likeness (QED) is 0.517. The maximum atomic E-state index is 14.6. The number of fused-ring (bicyclic) bond motifs is 1. The van der Waals surface area contributed by atoms with Crippen molar-refractivity contribution in [1.82, 2.24) is 9.55 Å². The van der Waals surface area contributed by atoms with E-state index in [0.29, 0.717) is 22.5 Å². The number of hydrogen-bond donors (Lipinski definition) is 1. The van der Waals surface area contributed by atoms with Crippen LogP contribution in [0.4, 0.5) is 8.78 Å². The summed E-state index contributed by atoms with van der Waals surface area (Å²) in [5, 5.41) is 10.2. The molecule has 6 heteroatoms. The van der Waals surface area contributed by atoms with Gasteiger partial charge in [0.15, 0.2) is 0 Å². The Morgan fingerprint density at radius 3 is 2.48 bits per heavy atom. The van der Waals surface area contributed by atoms with Gasteiger partial charge in [0.05, 0.1) is 23.7 Å². The van der Waals surface area contributed by atoms with Crippen LogP contribution in [0.3, 0.4) is 0 Å². The lowest BCUT2D eigenvalue weighted by Crippen LogP contribution is -2.15. The Hall–Kier alpha value is -3.25. The number of nitrogens with zero attached hydrogens (tertiary/aromatic N) is 2. The number of methoxy groups -OCH3 is 1. The Balaban J connectivity index is 1.86. The minimum atomic E-state index is -0.977. The molecule has 1 aromatic heterocycles. The van der Waals surface area contributed by atoms with Crippen molar-refractivity contribution in [1.29, 1.82) is 0 Å². The van der Waals surface area contributed by atoms with Gasteiger partial charge in [0, 0.05) is 16.8 Å². The minimum absolute atomic E-state index is 0.230. The standard InChI is InChI=1S/C23H20F2N2O2/c1-23(2,28)14-4-8-21-20(10-14)26-13-27(21)16-6-7-19(25)17(12-16)18-11-15(24)5-9-22(18)29-3/h4-13,28H,1-3H3. The summed E-state index contributed by atoms with van der Waals surface area (Å²) in [5.41, 5.74) is 2.52. The van der Waals surface area contributed by atoms with Crippen molar-refractivity contribution in [3.05, 3.63) is 78.1 Å². The number of hydrogen-bond acceptors (Lipinski definition) is 3. The lowest BCUT2D eigenvalue weighted by Gasteiger charge is -2.17. The van der Waals surface area contributed by atoms with Crippen LogP contribution in [0.5, 0.6) is 5.75 Å². The summed E-state index contributed by atoms with van der Waals surface area (Å²) in [6, 6.07) is 14.1. The molecule has 0 spiro atoms. The number of aromatic nitrogens is 2. The lowest BCUT2D eigenvalue weighted by molar-refractivity contribution is 0.0787. The summed E-state index contributed by atoms with van der Waals surface area (Å²) >= 11 is 0. The first kappa shape index (κ1) is 19.1. The van der Waals surface area contributed by atoms with E-state index in [1.807, 2.05) is 22.8 Å². The van der Waals surface area contributed by atoms with E-state index in [-0.39, 0.29) is 5.56 Å². The molecular weight excluding hydrogens is 374 g/mol. The highest BCUT2D eigenvalue weighted by Gasteiger charge is 2.18. The maximum absolute atomic E-state index is 14.6. The van der Waals surface area contributed by atoms with Gasteiger partial charge in [0.1, 0.15) is 23.7 Å². The molecular formula is C23H20F2N2O2. The Morgan fingerprint density at radius 1 is 0.966 bits per heavy atom. The van der Waals surface area contributed by atoms with Gasteiger partial charge in [-0.05, 0) is 67.9 Å². The van der Waals surface area contributed by atoms with Crippen molar-refractivity contribution in [3.8, 4) is 22.6 Å². The molecule has 0 fully saturated rings. The smallest absolute Gasteiger partial charge is 0.131 e. The molecule has 4 nitrogen and oxygen atoms in total. The molecule has 0 saturated heterocycles. The van der Waals surface area contributed by atoms with Gasteiger partial charge in [-0.2, -0.15) is 0 Å². The Kier molecular flexibility index (Phi) is 4.59. The molecule has 29 heavy (non-hydrogen) atoms. The zero-order valence-electron chi connectivity index (χ0n) is 16.3. The fourth-order valence-electron chi connectivity index (χ4n) is 3.36. The number of rotatable bonds is 4. The summed E-state index contributed by atoms with van der Waals surface area (Å²) < 4.78 is 35.5. The third-order valence-corrected chi connectivity index (χ3v) is 4.93. The van der Waals surface area contributed by atoms with E-state index in [4.69, 9.17) is 4.74 Å². The number of benzene rings is 3. The average Bonchev–Trinajstić information content (AvgIpc) is 3.11. The van der Waals surface area contributed by atoms with Crippen molar-refractivity contribution in [2.45, 2.75) is 19.4 Å². The molecule has 3 aromatic carbocycles. The van der Waals surface area contributed by atoms with Crippen molar-refractivity contribution in [2.24, 2.45) is 0 Å². The van der Waals surface area contributed by atoms with Crippen LogP contribution in [0.15, 0.2) is 60.9 Å². The van der Waals surface area contributed by atoms with Crippen molar-refractivity contribution in [3.63, 3.8) is 0 Å². The largest absolute Gasteiger partial charge is 0.496 e. The first-order valence-electron chi connectivity index (χ1n) is 9.12. The zero-order valence-corrected chi connectivity index (χ0v) is 16.3. The van der Waals surface area contributed by atoms with Crippen LogP contribution in [-0.4, -0.2) is 21.8 Å². The van der Waals surface area contributed by atoms with Crippen LogP contribution in [0.25, 0.3) is 27.8 Å². The number of halogens is 2. The summed E-state index contributed by atoms with van der Waals surface area (Å²) in [4.78, 5) is 4.42. The van der Waals surface area contributed by atoms with E-state index >= 15 is 0 Å². The van der Waals surface area contributed by atoms with E-state index in [0.717, 1.165) is 11.1 Å². The van der Waals surface area contributed by atoms with Crippen molar-refractivity contribution in [2.75, 3.05) is 7.11 Å². The summed E-state index contributed by atoms with van der Waals surface area (Å²) in [7, 11) is 1.46. The third kappa shape index (κ3) is 3.47. The highest BCUT2D eigenvalue weighted by Crippen LogP contribution is 2.34. The Morgan fingerprint density at radius 2 is 1.76 bits per heavy atom. The molecule has 0 aliphatic carbocycles. The SMILES string of the molecule is COc1ccc(F)cc1-c1cc(-n2cnc3cc(C(C)(C)O)ccc32)ccc1F. The molecule has 0 saturated carbocycles. The topological polar surface area (TPSA) is 47.3 Å². The number of ether oxygens (including phenoxy) is 1. The van der Waals surface area contributed by atoms with E-state index in [9.17, 15) is 13.9 Å². The maximum Gasteiger partial charge on any atom is 0.131 e. The van der Waals surface area contributed by atoms with Crippen LogP contribution in [0, 0.1) is 11.6 Å². The molecule has 0 aliphatic rings. The van der Waals surface area contributed by atoms with Crippen LogP contribution in [0.2, 0.25) is 0 Å². The third-order valence-electron chi connectivity index (χ3n) is 4.93. The summed E-state index contributed by atoms with van der Waals surface area (Å²) in [5.74, 6) is -0.572. The van der Waals surface area contributed by atoms with E-state index in [1.165, 1.54) is 31.4 Å². The average molecular weight is 394 g/mol. The first-order chi connectivity index (χ1) is 13.8. The van der Waals surface area contributed by atoms with Crippen LogP contribution < -0.4 is 4.74 Å². The second-order valence-corrected chi connectivity index (χ2v) is 7.39. The molecule has 1 N–H and O–H groups in total. The molecule has 0 bridgehead atoms. The molecule has 0 radical (unpaired) electrons. The molecule has 4 rings (SSSR count). The van der Waals surface area contributed by atoms with Crippen molar-refractivity contribution < 1.29 is 18.6 Å². The van der Waals surface area contributed by atoms with Gasteiger partial charge in [0.25, 0.3) is 0 Å². The number of imidazole rings is 1. The molecule has 0 atom stereocenters. The zero-order chi connectivity index (χ0) is 20.8. The highest BCUT2D eigenvalue weighted by atomic mass is 19.1. The summed E-state index contributed by atoms with van der Waals surface area (Å²) in [6.07, 6.45) is 1.64. The molecule has 0 aliphatic heterocycles. The lowest BCUT2D eigenvalue weighted by atomic mass is 9.98. The van der Waals surface area contributed by atoms with Gasteiger partial charge in [-0.15, -0.1) is 0 Å². The monoisotopic (exact) mass is 394 g/mol. The molecule has 148 valence electrons. The first-order valence-corrected chi connectivity index (χ1v) is 9.12. The fraction of sp³-hybridized carbons (Fsp3) is 0.174. The Labute approximate surface area is 167 Å². The predicted molar refractivity (Wildman–Crippen MR) is 108 cm³/mol. The Bertz CT molecular complexity index is 1210. The molecule has 1 heterocycles. The van der Waals surface area contributed by atoms with Crippen LogP contribution >= 0.6 is 0 Å². The van der Waals surface area contributed by atoms with Gasteiger partial charge in [-0.3, -0.25) is 4.57 Å². The predicted octanol–water partition coefficient (Wildman–Crippen LogP) is 5.21. The minimum Gasteiger partial charge on any atom is -0.496 e. The second-order valence-electron chi connectivity index (χ2n) is 7.39. The highest BCUT2D eigenvalue weighted by molar-refractivity contribution is 5.80. The summed E-state index contributed by atoms with van der Waals surface area (Å²) in [6.45, 7) is 3.42. The van der Waals surface area contributed by atoms with E-state index in [2.05, 4.69) is 4.98 Å². The van der Waals surface area contributed by atoms with Gasteiger partial charge >= 0.3 is 0 Å². The van der Waals surface area contributed by atoms with Crippen LogP contribution in [0.1, 0.15) is 19.4 Å². The van der Waals surface area contributed by atoms with Gasteiger partial charge in [-0.1, -0.05) is 6.07 Å². The molecule has 4 aromatic rings. The van der Waals surface area contributed by atoms with E-state index < -0.39 is 17.2 Å². The second kappa shape index (κ2) is 6.97. The molecule has 0 amide bonds. The van der Waals surface area contributed by atoms with Gasteiger partial charge in [-0.25, -0.2) is 13.8 Å². The number of aliphatic hydroxyl groups is 1.